The Hall–Kier alpha value is -0.890. The molecule has 0 amide bonds. The third-order valence-corrected chi connectivity index (χ3v) is 2.72. The van der Waals surface area contributed by atoms with Gasteiger partial charge in [-0.25, -0.2) is 4.39 Å². The Kier molecular flexibility index (Phi) is 3.50. The highest BCUT2D eigenvalue weighted by atomic mass is 19.1. The summed E-state index contributed by atoms with van der Waals surface area (Å²) in [5.41, 5.74) is 1.78. The van der Waals surface area contributed by atoms with Gasteiger partial charge in [-0.3, -0.25) is 0 Å². The van der Waals surface area contributed by atoms with Crippen LogP contribution in [0.1, 0.15) is 31.9 Å². The van der Waals surface area contributed by atoms with E-state index in [1.54, 1.807) is 6.07 Å². The van der Waals surface area contributed by atoms with Crippen molar-refractivity contribution >= 4 is 0 Å². The fourth-order valence-corrected chi connectivity index (χ4v) is 1.40. The summed E-state index contributed by atoms with van der Waals surface area (Å²) in [5, 5.41) is 9.94. The van der Waals surface area contributed by atoms with E-state index in [-0.39, 0.29) is 11.2 Å². The Morgan fingerprint density at radius 2 is 1.93 bits per heavy atom. The Bertz CT molecular complexity index is 339. The average Bonchev–Trinajstić information content (AvgIpc) is 2.08. The van der Waals surface area contributed by atoms with Gasteiger partial charge in [0.25, 0.3) is 0 Å². The number of aliphatic hydroxyl groups is 1. The van der Waals surface area contributed by atoms with Crippen molar-refractivity contribution in [3.63, 3.8) is 0 Å². The summed E-state index contributed by atoms with van der Waals surface area (Å²) < 4.78 is 12.9. The Balaban J connectivity index is 2.82. The zero-order chi connectivity index (χ0) is 11.6. The normalized spacial score (nSPS) is 14.0. The van der Waals surface area contributed by atoms with Crippen LogP contribution in [0.5, 0.6) is 0 Å². The van der Waals surface area contributed by atoms with Crippen molar-refractivity contribution in [3.05, 3.63) is 35.1 Å². The van der Waals surface area contributed by atoms with Gasteiger partial charge in [-0.1, -0.05) is 26.8 Å². The summed E-state index contributed by atoms with van der Waals surface area (Å²) in [4.78, 5) is 0. The second-order valence-corrected chi connectivity index (χ2v) is 5.16. The maximum absolute atomic E-state index is 12.9. The Morgan fingerprint density at radius 1 is 1.33 bits per heavy atom. The van der Waals surface area contributed by atoms with Crippen molar-refractivity contribution in [2.24, 2.45) is 5.41 Å². The topological polar surface area (TPSA) is 20.2 Å². The van der Waals surface area contributed by atoms with Gasteiger partial charge < -0.3 is 5.11 Å². The molecular formula is C13H19FO. The van der Waals surface area contributed by atoms with E-state index in [0.29, 0.717) is 6.42 Å². The Morgan fingerprint density at radius 3 is 2.40 bits per heavy atom. The van der Waals surface area contributed by atoms with Gasteiger partial charge in [0.05, 0.1) is 6.10 Å². The predicted octanol–water partition coefficient (Wildman–Crippen LogP) is 3.08. The molecule has 0 aromatic heterocycles. The maximum Gasteiger partial charge on any atom is 0.123 e. The molecule has 0 saturated heterocycles. The average molecular weight is 210 g/mol. The second-order valence-electron chi connectivity index (χ2n) is 5.16. The molecule has 0 saturated carbocycles. The number of benzene rings is 1. The van der Waals surface area contributed by atoms with Gasteiger partial charge in [-0.15, -0.1) is 0 Å². The van der Waals surface area contributed by atoms with E-state index in [0.717, 1.165) is 11.1 Å². The lowest BCUT2D eigenvalue weighted by atomic mass is 9.84. The van der Waals surface area contributed by atoms with E-state index in [2.05, 4.69) is 0 Å². The summed E-state index contributed by atoms with van der Waals surface area (Å²) >= 11 is 0. The molecule has 1 aromatic rings. The first-order valence-corrected chi connectivity index (χ1v) is 5.24. The molecule has 1 unspecified atom stereocenters. The second kappa shape index (κ2) is 4.31. The van der Waals surface area contributed by atoms with Crippen LogP contribution in [0.4, 0.5) is 4.39 Å². The lowest BCUT2D eigenvalue weighted by Gasteiger charge is -2.26. The number of aryl methyl sites for hydroxylation is 1. The van der Waals surface area contributed by atoms with Crippen molar-refractivity contribution in [1.82, 2.24) is 0 Å². The molecule has 84 valence electrons. The molecule has 0 radical (unpaired) electrons. The van der Waals surface area contributed by atoms with Crippen LogP contribution >= 0.6 is 0 Å². The third-order valence-electron chi connectivity index (χ3n) is 2.72. The summed E-state index contributed by atoms with van der Waals surface area (Å²) in [6.45, 7) is 7.86. The predicted molar refractivity (Wildman–Crippen MR) is 60.3 cm³/mol. The smallest absolute Gasteiger partial charge is 0.123 e. The number of aliphatic hydroxyl groups excluding tert-OH is 1. The van der Waals surface area contributed by atoms with Crippen LogP contribution in [0.15, 0.2) is 18.2 Å². The summed E-state index contributed by atoms with van der Waals surface area (Å²) in [6.07, 6.45) is 0.178. The molecule has 0 spiro atoms. The van der Waals surface area contributed by atoms with Gasteiger partial charge in [0.15, 0.2) is 0 Å². The van der Waals surface area contributed by atoms with Gasteiger partial charge in [0.2, 0.25) is 0 Å². The molecule has 1 atom stereocenters. The van der Waals surface area contributed by atoms with Gasteiger partial charge in [0, 0.05) is 0 Å². The van der Waals surface area contributed by atoms with Crippen LogP contribution in [0.2, 0.25) is 0 Å². The van der Waals surface area contributed by atoms with Gasteiger partial charge in [0.1, 0.15) is 5.82 Å². The van der Waals surface area contributed by atoms with E-state index in [1.807, 2.05) is 27.7 Å². The lowest BCUT2D eigenvalue weighted by Crippen LogP contribution is -2.28. The SMILES string of the molecule is Cc1cc(F)ccc1CC(O)C(C)(C)C. The zero-order valence-electron chi connectivity index (χ0n) is 9.84. The molecule has 2 heteroatoms. The molecule has 15 heavy (non-hydrogen) atoms. The molecule has 0 aliphatic carbocycles. The molecule has 1 aromatic carbocycles. The number of hydrogen-bond acceptors (Lipinski definition) is 1. The van der Waals surface area contributed by atoms with Gasteiger partial charge in [-0.05, 0) is 42.0 Å². The quantitative estimate of drug-likeness (QED) is 0.795. The first kappa shape index (κ1) is 12.2. The monoisotopic (exact) mass is 210 g/mol. The van der Waals surface area contributed by atoms with E-state index in [9.17, 15) is 9.50 Å². The first-order valence-electron chi connectivity index (χ1n) is 5.24. The lowest BCUT2D eigenvalue weighted by molar-refractivity contribution is 0.0634. The standard InChI is InChI=1S/C13H19FO/c1-9-7-11(14)6-5-10(9)8-12(15)13(2,3)4/h5-7,12,15H,8H2,1-4H3. The highest BCUT2D eigenvalue weighted by Crippen LogP contribution is 2.23. The highest BCUT2D eigenvalue weighted by molar-refractivity contribution is 5.27. The number of hydrogen-bond donors (Lipinski definition) is 1. The van der Waals surface area contributed by atoms with Crippen molar-refractivity contribution in [1.29, 1.82) is 0 Å². The first-order chi connectivity index (χ1) is 6.80. The van der Waals surface area contributed by atoms with E-state index in [1.165, 1.54) is 12.1 Å². The van der Waals surface area contributed by atoms with Crippen molar-refractivity contribution in [2.75, 3.05) is 0 Å². The van der Waals surface area contributed by atoms with E-state index < -0.39 is 6.10 Å². The molecular weight excluding hydrogens is 191 g/mol. The van der Waals surface area contributed by atoms with Gasteiger partial charge >= 0.3 is 0 Å². The van der Waals surface area contributed by atoms with Crippen LogP contribution in [0.25, 0.3) is 0 Å². The third kappa shape index (κ3) is 3.31. The van der Waals surface area contributed by atoms with Crippen molar-refractivity contribution < 1.29 is 9.50 Å². The molecule has 1 rings (SSSR count). The summed E-state index contributed by atoms with van der Waals surface area (Å²) in [6, 6.07) is 4.70. The van der Waals surface area contributed by atoms with Crippen LogP contribution < -0.4 is 0 Å². The van der Waals surface area contributed by atoms with E-state index in [4.69, 9.17) is 0 Å². The Labute approximate surface area is 90.9 Å². The molecule has 0 heterocycles. The van der Waals surface area contributed by atoms with Crippen LogP contribution in [-0.2, 0) is 6.42 Å². The van der Waals surface area contributed by atoms with Crippen molar-refractivity contribution in [3.8, 4) is 0 Å². The summed E-state index contributed by atoms with van der Waals surface area (Å²) in [7, 11) is 0. The minimum Gasteiger partial charge on any atom is -0.392 e. The fourth-order valence-electron chi connectivity index (χ4n) is 1.40. The minimum absolute atomic E-state index is 0.138. The molecule has 1 nitrogen and oxygen atoms in total. The minimum atomic E-state index is -0.401. The van der Waals surface area contributed by atoms with Gasteiger partial charge in [-0.2, -0.15) is 0 Å². The van der Waals surface area contributed by atoms with E-state index >= 15 is 0 Å². The van der Waals surface area contributed by atoms with Crippen molar-refractivity contribution in [2.45, 2.75) is 40.2 Å². The molecule has 1 N–H and O–H groups in total. The molecule has 0 aliphatic rings. The molecule has 0 fully saturated rings. The maximum atomic E-state index is 12.9. The van der Waals surface area contributed by atoms with Crippen LogP contribution in [0.3, 0.4) is 0 Å². The number of rotatable bonds is 2. The zero-order valence-corrected chi connectivity index (χ0v) is 9.84. The number of halogens is 1. The largest absolute Gasteiger partial charge is 0.392 e. The molecule has 0 bridgehead atoms. The summed E-state index contributed by atoms with van der Waals surface area (Å²) in [5.74, 6) is -0.221. The fraction of sp³-hybridized carbons (Fsp3) is 0.538. The highest BCUT2D eigenvalue weighted by Gasteiger charge is 2.22. The molecule has 0 aliphatic heterocycles. The van der Waals surface area contributed by atoms with Crippen LogP contribution in [-0.4, -0.2) is 11.2 Å². The van der Waals surface area contributed by atoms with Crippen LogP contribution in [0, 0.1) is 18.2 Å².